The van der Waals surface area contributed by atoms with E-state index < -0.39 is 35.6 Å². The van der Waals surface area contributed by atoms with Gasteiger partial charge in [-0.25, -0.2) is 0 Å². The molecule has 4 aromatic carbocycles. The Morgan fingerprint density at radius 2 is 0.771 bits per heavy atom. The van der Waals surface area contributed by atoms with Crippen molar-refractivity contribution in [1.29, 1.82) is 0 Å². The van der Waals surface area contributed by atoms with Crippen molar-refractivity contribution >= 4 is 11.9 Å². The minimum atomic E-state index is -1.29. The first-order valence-corrected chi connectivity index (χ1v) is 11.2. The molecular formula is C30H25CrO4-. The van der Waals surface area contributed by atoms with E-state index in [1.54, 1.807) is 0 Å². The predicted octanol–water partition coefficient (Wildman–Crippen LogP) is 4.72. The van der Waals surface area contributed by atoms with E-state index in [-0.39, 0.29) is 17.4 Å². The standard InChI is InChI=1S/C18H14O4.2C6H6.Cr/c19-17(20)15-13-9-5-1-2-6-10(9)14(16(15)18(21)22)12-8-4-3-7-11(12)13;2*1-2-4-6-5-3-1;/h1-8,13-16H,(H,19,20)(H,21,22);2*1-6H;/p-1/t13?,14?,15-,16-;;;/m1.../s1. The number of carbonyl (C=O) groups is 2. The number of hydrogen-bond donors (Lipinski definition) is 1. The van der Waals surface area contributed by atoms with E-state index in [1.165, 1.54) is 0 Å². The predicted molar refractivity (Wildman–Crippen MR) is 129 cm³/mol. The molecule has 5 heteroatoms. The minimum Gasteiger partial charge on any atom is -0.550 e. The van der Waals surface area contributed by atoms with Gasteiger partial charge in [-0.15, -0.1) is 0 Å². The van der Waals surface area contributed by atoms with Crippen molar-refractivity contribution in [2.45, 2.75) is 11.8 Å². The SMILES string of the molecule is O=C([O-])[C@@H]1C2c3ccccc3C(c3ccccc32)[C@H]1C(=O)O.[Cr].c1ccccc1.c1ccccc1. The molecule has 0 spiro atoms. The quantitative estimate of drug-likeness (QED) is 0.432. The molecule has 2 bridgehead atoms. The maximum atomic E-state index is 11.8. The van der Waals surface area contributed by atoms with Crippen molar-refractivity contribution in [2.24, 2.45) is 11.8 Å². The zero-order valence-corrected chi connectivity index (χ0v) is 20.2. The summed E-state index contributed by atoms with van der Waals surface area (Å²) in [5.74, 6) is -5.27. The Morgan fingerprint density at radius 1 is 0.514 bits per heavy atom. The van der Waals surface area contributed by atoms with Crippen molar-refractivity contribution in [3.05, 3.63) is 144 Å². The molecule has 0 radical (unpaired) electrons. The third-order valence-electron chi connectivity index (χ3n) is 6.33. The van der Waals surface area contributed by atoms with Gasteiger partial charge in [0.15, 0.2) is 0 Å². The van der Waals surface area contributed by atoms with Crippen molar-refractivity contribution in [2.75, 3.05) is 0 Å². The monoisotopic (exact) mass is 501 g/mol. The molecular weight excluding hydrogens is 476 g/mol. The summed E-state index contributed by atoms with van der Waals surface area (Å²) in [6.07, 6.45) is 0. The Kier molecular flexibility index (Phi) is 9.03. The molecule has 0 fully saturated rings. The van der Waals surface area contributed by atoms with Crippen LogP contribution in [0.1, 0.15) is 34.1 Å². The molecule has 4 aromatic rings. The van der Waals surface area contributed by atoms with E-state index in [2.05, 4.69) is 0 Å². The first kappa shape index (κ1) is 26.0. The van der Waals surface area contributed by atoms with Crippen LogP contribution >= 0.6 is 0 Å². The number of aliphatic carboxylic acids is 2. The summed E-state index contributed by atoms with van der Waals surface area (Å²) in [7, 11) is 0. The third-order valence-corrected chi connectivity index (χ3v) is 6.33. The van der Waals surface area contributed by atoms with Crippen molar-refractivity contribution in [3.8, 4) is 0 Å². The topological polar surface area (TPSA) is 77.4 Å². The second-order valence-corrected chi connectivity index (χ2v) is 8.23. The van der Waals surface area contributed by atoms with Gasteiger partial charge in [-0.3, -0.25) is 4.79 Å². The van der Waals surface area contributed by atoms with Gasteiger partial charge in [0.1, 0.15) is 0 Å². The fourth-order valence-electron chi connectivity index (χ4n) is 5.03. The number of rotatable bonds is 2. The Morgan fingerprint density at radius 3 is 1.00 bits per heavy atom. The van der Waals surface area contributed by atoms with E-state index >= 15 is 0 Å². The fourth-order valence-corrected chi connectivity index (χ4v) is 5.03. The van der Waals surface area contributed by atoms with Crippen molar-refractivity contribution < 1.29 is 37.2 Å². The van der Waals surface area contributed by atoms with Gasteiger partial charge in [0.25, 0.3) is 0 Å². The largest absolute Gasteiger partial charge is 0.550 e. The van der Waals surface area contributed by atoms with Gasteiger partial charge in [-0.2, -0.15) is 0 Å². The van der Waals surface area contributed by atoms with Gasteiger partial charge in [0.05, 0.1) is 5.92 Å². The molecule has 1 N–H and O–H groups in total. The molecule has 3 aliphatic carbocycles. The molecule has 2 atom stereocenters. The number of carboxylic acid groups (broad SMARTS) is 2. The normalized spacial score (nSPS) is 20.2. The van der Waals surface area contributed by atoms with Gasteiger partial charge < -0.3 is 15.0 Å². The molecule has 0 amide bonds. The van der Waals surface area contributed by atoms with Crippen LogP contribution in [-0.2, 0) is 27.0 Å². The number of hydrogen-bond acceptors (Lipinski definition) is 3. The summed E-state index contributed by atoms with van der Waals surface area (Å²) in [5.41, 5.74) is 3.68. The summed E-state index contributed by atoms with van der Waals surface area (Å²) in [5, 5.41) is 21.3. The Bertz CT molecular complexity index is 1050. The first-order valence-electron chi connectivity index (χ1n) is 11.2. The summed E-state index contributed by atoms with van der Waals surface area (Å²) in [4.78, 5) is 23.5. The fraction of sp³-hybridized carbons (Fsp3) is 0.133. The van der Waals surface area contributed by atoms with E-state index in [9.17, 15) is 19.8 Å². The van der Waals surface area contributed by atoms with Crippen LogP contribution in [0.5, 0.6) is 0 Å². The Balaban J connectivity index is 0.000000216. The second-order valence-electron chi connectivity index (χ2n) is 8.23. The molecule has 0 saturated heterocycles. The number of fused-ring (bicyclic) bond motifs is 1. The summed E-state index contributed by atoms with van der Waals surface area (Å²) < 4.78 is 0. The van der Waals surface area contributed by atoms with Crippen molar-refractivity contribution in [3.63, 3.8) is 0 Å². The Hall–Kier alpha value is -3.65. The molecule has 176 valence electrons. The van der Waals surface area contributed by atoms with Crippen molar-refractivity contribution in [1.82, 2.24) is 0 Å². The maximum absolute atomic E-state index is 11.8. The van der Waals surface area contributed by atoms with E-state index in [4.69, 9.17) is 0 Å². The average Bonchev–Trinajstić information content (AvgIpc) is 2.91. The molecule has 0 aromatic heterocycles. The molecule has 0 unspecified atom stereocenters. The summed E-state index contributed by atoms with van der Waals surface area (Å²) in [6.45, 7) is 0. The first-order chi connectivity index (χ1) is 16.6. The van der Waals surface area contributed by atoms with Crippen LogP contribution in [0, 0.1) is 11.8 Å². The number of carbonyl (C=O) groups excluding carboxylic acids is 1. The van der Waals surface area contributed by atoms with Gasteiger partial charge in [-0.1, -0.05) is 121 Å². The molecule has 0 aliphatic heterocycles. The Labute approximate surface area is 216 Å². The van der Waals surface area contributed by atoms with Gasteiger partial charge in [-0.05, 0) is 22.3 Å². The smallest absolute Gasteiger partial charge is 0.308 e. The summed E-state index contributed by atoms with van der Waals surface area (Å²) >= 11 is 0. The number of carboxylic acids is 2. The van der Waals surface area contributed by atoms with E-state index in [0.717, 1.165) is 22.3 Å². The van der Waals surface area contributed by atoms with Crippen LogP contribution in [0.2, 0.25) is 0 Å². The second kappa shape index (κ2) is 12.2. The molecule has 3 aliphatic rings. The van der Waals surface area contributed by atoms with Crippen LogP contribution in [0.25, 0.3) is 0 Å². The van der Waals surface area contributed by atoms with Crippen LogP contribution in [-0.4, -0.2) is 17.0 Å². The van der Waals surface area contributed by atoms with Crippen LogP contribution in [0.15, 0.2) is 121 Å². The van der Waals surface area contributed by atoms with E-state index in [1.807, 2.05) is 121 Å². The minimum absolute atomic E-state index is 0. The third kappa shape index (κ3) is 5.54. The molecule has 7 rings (SSSR count). The molecule has 0 saturated carbocycles. The summed E-state index contributed by atoms with van der Waals surface area (Å²) in [6, 6.07) is 39.1. The molecule has 0 heterocycles. The van der Waals surface area contributed by atoms with E-state index in [0.29, 0.717) is 0 Å². The van der Waals surface area contributed by atoms with Crippen LogP contribution in [0.3, 0.4) is 0 Å². The maximum Gasteiger partial charge on any atom is 0.308 e. The zero-order valence-electron chi connectivity index (χ0n) is 18.9. The van der Waals surface area contributed by atoms with Gasteiger partial charge in [0.2, 0.25) is 0 Å². The average molecular weight is 502 g/mol. The van der Waals surface area contributed by atoms with Gasteiger partial charge >= 0.3 is 5.97 Å². The molecule has 35 heavy (non-hydrogen) atoms. The van der Waals surface area contributed by atoms with Crippen LogP contribution < -0.4 is 5.11 Å². The van der Waals surface area contributed by atoms with Gasteiger partial charge in [0, 0.05) is 41.1 Å². The zero-order chi connectivity index (χ0) is 23.9. The van der Waals surface area contributed by atoms with Crippen LogP contribution in [0.4, 0.5) is 0 Å². The molecule has 4 nitrogen and oxygen atoms in total. The number of benzene rings is 4.